The van der Waals surface area contributed by atoms with E-state index in [1.165, 1.54) is 0 Å². The third kappa shape index (κ3) is 2.85. The zero-order valence-electron chi connectivity index (χ0n) is 11.6. The lowest BCUT2D eigenvalue weighted by atomic mass is 10.1. The van der Waals surface area contributed by atoms with Crippen LogP contribution in [0, 0.1) is 16.7 Å². The molecule has 5 heteroatoms. The molecule has 1 aliphatic rings. The topological polar surface area (TPSA) is 88.1 Å². The SMILES string of the molecule is CCCNC(=O)C1(COc2cccc(N)c2C#N)CC1. The van der Waals surface area contributed by atoms with E-state index >= 15 is 0 Å². The minimum absolute atomic E-state index is 0.0433. The first kappa shape index (κ1) is 14.2. The highest BCUT2D eigenvalue weighted by atomic mass is 16.5. The highest BCUT2D eigenvalue weighted by Crippen LogP contribution is 2.46. The lowest BCUT2D eigenvalue weighted by molar-refractivity contribution is -0.127. The van der Waals surface area contributed by atoms with Crippen LogP contribution in [0.4, 0.5) is 5.69 Å². The minimum Gasteiger partial charge on any atom is -0.491 e. The van der Waals surface area contributed by atoms with Crippen molar-refractivity contribution in [3.05, 3.63) is 23.8 Å². The van der Waals surface area contributed by atoms with Crippen LogP contribution in [0.3, 0.4) is 0 Å². The van der Waals surface area contributed by atoms with Crippen LogP contribution in [-0.2, 0) is 4.79 Å². The zero-order valence-corrected chi connectivity index (χ0v) is 11.6. The molecule has 1 aromatic rings. The molecule has 0 unspecified atom stereocenters. The van der Waals surface area contributed by atoms with Gasteiger partial charge < -0.3 is 15.8 Å². The van der Waals surface area contributed by atoms with Crippen LogP contribution >= 0.6 is 0 Å². The van der Waals surface area contributed by atoms with Crippen molar-refractivity contribution in [2.45, 2.75) is 26.2 Å². The Morgan fingerprint density at radius 2 is 2.30 bits per heavy atom. The van der Waals surface area contributed by atoms with Crippen LogP contribution in [0.2, 0.25) is 0 Å². The van der Waals surface area contributed by atoms with Crippen LogP contribution < -0.4 is 15.8 Å². The van der Waals surface area contributed by atoms with Crippen molar-refractivity contribution in [1.29, 1.82) is 5.26 Å². The van der Waals surface area contributed by atoms with Gasteiger partial charge in [-0.3, -0.25) is 4.79 Å². The Labute approximate surface area is 118 Å². The maximum absolute atomic E-state index is 12.0. The van der Waals surface area contributed by atoms with Crippen molar-refractivity contribution in [3.8, 4) is 11.8 Å². The first-order valence-corrected chi connectivity index (χ1v) is 6.82. The molecule has 0 atom stereocenters. The molecule has 1 saturated carbocycles. The number of nitrogen functional groups attached to an aromatic ring is 1. The summed E-state index contributed by atoms with van der Waals surface area (Å²) in [4.78, 5) is 12.0. The van der Waals surface area contributed by atoms with Crippen LogP contribution in [0.5, 0.6) is 5.75 Å². The van der Waals surface area contributed by atoms with Crippen molar-refractivity contribution in [3.63, 3.8) is 0 Å². The number of nitrogens with one attached hydrogen (secondary N) is 1. The molecular weight excluding hydrogens is 254 g/mol. The summed E-state index contributed by atoms with van der Waals surface area (Å²) in [6.07, 6.45) is 2.57. The highest BCUT2D eigenvalue weighted by molar-refractivity contribution is 5.85. The van der Waals surface area contributed by atoms with Gasteiger partial charge in [0, 0.05) is 6.54 Å². The fraction of sp³-hybridized carbons (Fsp3) is 0.467. The standard InChI is InChI=1S/C15H19N3O2/c1-2-8-18-14(19)15(6-7-15)10-20-13-5-3-4-12(17)11(13)9-16/h3-5H,2,6-8,10,17H2,1H3,(H,18,19). The number of benzene rings is 1. The van der Waals surface area contributed by atoms with E-state index in [4.69, 9.17) is 15.7 Å². The number of carbonyl (C=O) groups is 1. The third-order valence-corrected chi connectivity index (χ3v) is 3.55. The number of nitriles is 1. The smallest absolute Gasteiger partial charge is 0.229 e. The van der Waals surface area contributed by atoms with Gasteiger partial charge in [0.1, 0.15) is 24.0 Å². The number of rotatable bonds is 6. The van der Waals surface area contributed by atoms with Gasteiger partial charge in [-0.2, -0.15) is 5.26 Å². The van der Waals surface area contributed by atoms with E-state index in [-0.39, 0.29) is 5.91 Å². The van der Waals surface area contributed by atoms with Gasteiger partial charge in [-0.25, -0.2) is 0 Å². The van der Waals surface area contributed by atoms with Gasteiger partial charge in [-0.1, -0.05) is 13.0 Å². The summed E-state index contributed by atoms with van der Waals surface area (Å²) in [7, 11) is 0. The molecule has 1 amide bonds. The Morgan fingerprint density at radius 3 is 2.90 bits per heavy atom. The number of carbonyl (C=O) groups excluding carboxylic acids is 1. The fourth-order valence-electron chi connectivity index (χ4n) is 2.02. The van der Waals surface area contributed by atoms with Crippen LogP contribution in [0.15, 0.2) is 18.2 Å². The molecule has 0 aliphatic heterocycles. The van der Waals surface area contributed by atoms with E-state index in [2.05, 4.69) is 5.32 Å². The van der Waals surface area contributed by atoms with Crippen LogP contribution in [0.1, 0.15) is 31.7 Å². The number of hydrogen-bond acceptors (Lipinski definition) is 4. The number of ether oxygens (including phenoxy) is 1. The molecule has 1 fully saturated rings. The van der Waals surface area contributed by atoms with E-state index in [1.807, 2.05) is 13.0 Å². The predicted octanol–water partition coefficient (Wildman–Crippen LogP) is 1.83. The van der Waals surface area contributed by atoms with E-state index in [9.17, 15) is 4.79 Å². The summed E-state index contributed by atoms with van der Waals surface area (Å²) >= 11 is 0. The molecule has 1 aromatic carbocycles. The van der Waals surface area contributed by atoms with Crippen LogP contribution in [-0.4, -0.2) is 19.1 Å². The van der Waals surface area contributed by atoms with Gasteiger partial charge in [0.2, 0.25) is 5.91 Å². The largest absolute Gasteiger partial charge is 0.491 e. The summed E-state index contributed by atoms with van der Waals surface area (Å²) in [6.45, 7) is 2.99. The zero-order chi connectivity index (χ0) is 14.6. The second-order valence-corrected chi connectivity index (χ2v) is 5.16. The Balaban J connectivity index is 2.01. The lowest BCUT2D eigenvalue weighted by Crippen LogP contribution is -2.36. The van der Waals surface area contributed by atoms with Gasteiger partial charge in [0.15, 0.2) is 0 Å². The van der Waals surface area contributed by atoms with Crippen molar-refractivity contribution in [2.24, 2.45) is 5.41 Å². The molecule has 0 spiro atoms. The molecule has 0 saturated heterocycles. The van der Waals surface area contributed by atoms with E-state index < -0.39 is 5.41 Å². The summed E-state index contributed by atoms with van der Waals surface area (Å²) in [5.74, 6) is 0.490. The number of hydrogen-bond donors (Lipinski definition) is 2. The summed E-state index contributed by atoms with van der Waals surface area (Å²) < 4.78 is 5.67. The van der Waals surface area contributed by atoms with Crippen molar-refractivity contribution < 1.29 is 9.53 Å². The van der Waals surface area contributed by atoms with Gasteiger partial charge >= 0.3 is 0 Å². The Bertz CT molecular complexity index is 545. The summed E-state index contributed by atoms with van der Waals surface area (Å²) in [6, 6.07) is 7.13. The Kier molecular flexibility index (Phi) is 4.14. The van der Waals surface area contributed by atoms with Gasteiger partial charge in [0.25, 0.3) is 0 Å². The highest BCUT2D eigenvalue weighted by Gasteiger charge is 2.50. The third-order valence-electron chi connectivity index (χ3n) is 3.55. The quantitative estimate of drug-likeness (QED) is 0.774. The number of nitrogens with two attached hydrogens (primary N) is 1. The first-order valence-electron chi connectivity index (χ1n) is 6.82. The van der Waals surface area contributed by atoms with Crippen LogP contribution in [0.25, 0.3) is 0 Å². The maximum atomic E-state index is 12.0. The van der Waals surface area contributed by atoms with Gasteiger partial charge in [0.05, 0.1) is 11.1 Å². The van der Waals surface area contributed by atoms with E-state index in [1.54, 1.807) is 18.2 Å². The summed E-state index contributed by atoms with van der Waals surface area (Å²) in [5, 5.41) is 12.0. The van der Waals surface area contributed by atoms with E-state index in [0.717, 1.165) is 19.3 Å². The Morgan fingerprint density at radius 1 is 1.55 bits per heavy atom. The van der Waals surface area contributed by atoms with Gasteiger partial charge in [-0.15, -0.1) is 0 Å². The van der Waals surface area contributed by atoms with E-state index in [0.29, 0.717) is 30.2 Å². The molecule has 20 heavy (non-hydrogen) atoms. The predicted molar refractivity (Wildman–Crippen MR) is 76.0 cm³/mol. The fourth-order valence-corrected chi connectivity index (χ4v) is 2.02. The van der Waals surface area contributed by atoms with Crippen molar-refractivity contribution in [1.82, 2.24) is 5.32 Å². The number of nitrogens with zero attached hydrogens (tertiary/aromatic N) is 1. The average Bonchev–Trinajstić information content (AvgIpc) is 3.24. The molecule has 2 rings (SSSR count). The number of amides is 1. The Hall–Kier alpha value is -2.22. The second-order valence-electron chi connectivity index (χ2n) is 5.16. The molecule has 0 bridgehead atoms. The molecule has 0 heterocycles. The van der Waals surface area contributed by atoms with Crippen molar-refractivity contribution in [2.75, 3.05) is 18.9 Å². The molecular formula is C15H19N3O2. The molecule has 1 aliphatic carbocycles. The molecule has 0 radical (unpaired) electrons. The van der Waals surface area contributed by atoms with Gasteiger partial charge in [-0.05, 0) is 31.4 Å². The molecule has 5 nitrogen and oxygen atoms in total. The monoisotopic (exact) mass is 273 g/mol. The summed E-state index contributed by atoms with van der Waals surface area (Å²) in [5.41, 5.74) is 6.03. The number of anilines is 1. The van der Waals surface area contributed by atoms with Crippen molar-refractivity contribution >= 4 is 11.6 Å². The molecule has 3 N–H and O–H groups in total. The molecule has 106 valence electrons. The average molecular weight is 273 g/mol. The lowest BCUT2D eigenvalue weighted by Gasteiger charge is -2.17. The first-order chi connectivity index (χ1) is 9.63. The normalized spacial score (nSPS) is 15.2. The molecule has 0 aromatic heterocycles. The minimum atomic E-state index is -0.424. The second kappa shape index (κ2) is 5.83. The maximum Gasteiger partial charge on any atom is 0.229 e.